The molecular formula is C15H21F3N2O. The van der Waals surface area contributed by atoms with Gasteiger partial charge >= 0.3 is 6.18 Å². The van der Waals surface area contributed by atoms with Gasteiger partial charge in [-0.05, 0) is 31.5 Å². The van der Waals surface area contributed by atoms with Crippen molar-refractivity contribution in [3.05, 3.63) is 23.8 Å². The summed E-state index contributed by atoms with van der Waals surface area (Å²) in [5.41, 5.74) is 4.71. The largest absolute Gasteiger partial charge is 0.418 e. The van der Waals surface area contributed by atoms with E-state index in [0.717, 1.165) is 6.07 Å². The highest BCUT2D eigenvalue weighted by atomic mass is 19.4. The zero-order valence-corrected chi connectivity index (χ0v) is 12.4. The fourth-order valence-electron chi connectivity index (χ4n) is 2.72. The summed E-state index contributed by atoms with van der Waals surface area (Å²) in [4.78, 5) is 0. The summed E-state index contributed by atoms with van der Waals surface area (Å²) in [6.45, 7) is 6.52. The Bertz CT molecular complexity index is 514. The van der Waals surface area contributed by atoms with Crippen molar-refractivity contribution in [1.82, 2.24) is 0 Å². The van der Waals surface area contributed by atoms with Gasteiger partial charge in [-0.15, -0.1) is 0 Å². The molecule has 0 spiro atoms. The lowest BCUT2D eigenvalue weighted by molar-refractivity contribution is -0.137. The van der Waals surface area contributed by atoms with Gasteiger partial charge < -0.3 is 15.8 Å². The van der Waals surface area contributed by atoms with Gasteiger partial charge in [-0.3, -0.25) is 0 Å². The third kappa shape index (κ3) is 3.10. The molecule has 2 rings (SSSR count). The molecule has 0 radical (unpaired) electrons. The Hall–Kier alpha value is -1.43. The van der Waals surface area contributed by atoms with Gasteiger partial charge in [0, 0.05) is 29.4 Å². The maximum atomic E-state index is 13.1. The minimum Gasteiger partial charge on any atom is -0.399 e. The van der Waals surface area contributed by atoms with Crippen molar-refractivity contribution >= 4 is 11.4 Å². The zero-order valence-electron chi connectivity index (χ0n) is 12.4. The number of ether oxygens (including phenoxy) is 1. The third-order valence-electron chi connectivity index (χ3n) is 4.22. The van der Waals surface area contributed by atoms with E-state index in [0.29, 0.717) is 13.0 Å². The van der Waals surface area contributed by atoms with Crippen LogP contribution in [0.1, 0.15) is 32.8 Å². The smallest absolute Gasteiger partial charge is 0.399 e. The first-order valence-corrected chi connectivity index (χ1v) is 7.01. The van der Waals surface area contributed by atoms with Crippen LogP contribution in [-0.2, 0) is 10.9 Å². The second-order valence-corrected chi connectivity index (χ2v) is 6.00. The van der Waals surface area contributed by atoms with Crippen molar-refractivity contribution in [2.75, 3.05) is 17.7 Å². The first-order chi connectivity index (χ1) is 9.66. The SMILES string of the molecule is CCOC1CC(Nc2ccc(N)cc2C(F)(F)F)C1(C)C. The van der Waals surface area contributed by atoms with Gasteiger partial charge in [0.15, 0.2) is 0 Å². The Labute approximate surface area is 122 Å². The normalized spacial score (nSPS) is 24.5. The molecule has 0 aromatic heterocycles. The molecule has 3 N–H and O–H groups in total. The highest BCUT2D eigenvalue weighted by Gasteiger charge is 2.49. The molecule has 1 aliphatic rings. The first kappa shape index (κ1) is 15.9. The van der Waals surface area contributed by atoms with Crippen LogP contribution in [0.2, 0.25) is 0 Å². The van der Waals surface area contributed by atoms with E-state index in [1.54, 1.807) is 0 Å². The van der Waals surface area contributed by atoms with Crippen LogP contribution in [0, 0.1) is 5.41 Å². The number of halogens is 3. The summed E-state index contributed by atoms with van der Waals surface area (Å²) in [6, 6.07) is 3.78. The van der Waals surface area contributed by atoms with Crippen molar-refractivity contribution in [1.29, 1.82) is 0 Å². The Morgan fingerprint density at radius 1 is 1.38 bits per heavy atom. The van der Waals surface area contributed by atoms with Crippen LogP contribution < -0.4 is 11.1 Å². The molecule has 0 aliphatic heterocycles. The molecule has 21 heavy (non-hydrogen) atoms. The third-order valence-corrected chi connectivity index (χ3v) is 4.22. The van der Waals surface area contributed by atoms with Crippen LogP contribution in [0.25, 0.3) is 0 Å². The van der Waals surface area contributed by atoms with Crippen LogP contribution in [0.4, 0.5) is 24.5 Å². The minimum atomic E-state index is -4.43. The van der Waals surface area contributed by atoms with E-state index < -0.39 is 11.7 Å². The van der Waals surface area contributed by atoms with E-state index in [1.807, 2.05) is 20.8 Å². The van der Waals surface area contributed by atoms with E-state index in [2.05, 4.69) is 5.32 Å². The summed E-state index contributed by atoms with van der Waals surface area (Å²) in [6.07, 6.45) is -3.66. The molecule has 1 saturated carbocycles. The molecule has 3 nitrogen and oxygen atoms in total. The lowest BCUT2D eigenvalue weighted by Gasteiger charge is -2.52. The fraction of sp³-hybridized carbons (Fsp3) is 0.600. The number of rotatable bonds is 4. The minimum absolute atomic E-state index is 0.0567. The highest BCUT2D eigenvalue weighted by Crippen LogP contribution is 2.46. The van der Waals surface area contributed by atoms with Gasteiger partial charge in [0.05, 0.1) is 11.7 Å². The lowest BCUT2D eigenvalue weighted by Crippen LogP contribution is -2.58. The molecule has 1 aliphatic carbocycles. The van der Waals surface area contributed by atoms with Crippen molar-refractivity contribution < 1.29 is 17.9 Å². The second-order valence-electron chi connectivity index (χ2n) is 6.00. The van der Waals surface area contributed by atoms with E-state index in [4.69, 9.17) is 10.5 Å². The zero-order chi connectivity index (χ0) is 15.8. The molecule has 0 heterocycles. The number of nitrogen functional groups attached to an aromatic ring is 1. The standard InChI is InChI=1S/C15H21F3N2O/c1-4-21-13-8-12(14(13,2)3)20-11-6-5-9(19)7-10(11)15(16,17)18/h5-7,12-13,20H,4,8,19H2,1-3H3. The highest BCUT2D eigenvalue weighted by molar-refractivity contribution is 5.60. The molecule has 1 aromatic rings. The summed E-state index contributed by atoms with van der Waals surface area (Å²) >= 11 is 0. The first-order valence-electron chi connectivity index (χ1n) is 7.01. The summed E-state index contributed by atoms with van der Waals surface area (Å²) in [5.74, 6) is 0. The Balaban J connectivity index is 2.18. The van der Waals surface area contributed by atoms with Gasteiger partial charge in [-0.2, -0.15) is 13.2 Å². The van der Waals surface area contributed by atoms with E-state index in [9.17, 15) is 13.2 Å². The van der Waals surface area contributed by atoms with Gasteiger partial charge in [0.1, 0.15) is 0 Å². The summed E-state index contributed by atoms with van der Waals surface area (Å²) in [7, 11) is 0. The van der Waals surface area contributed by atoms with Crippen LogP contribution in [0.3, 0.4) is 0 Å². The molecule has 6 heteroatoms. The number of benzene rings is 1. The quantitative estimate of drug-likeness (QED) is 0.829. The Morgan fingerprint density at radius 3 is 2.57 bits per heavy atom. The average molecular weight is 302 g/mol. The van der Waals surface area contributed by atoms with Crippen LogP contribution in [0.5, 0.6) is 0 Å². The molecule has 2 atom stereocenters. The molecular weight excluding hydrogens is 281 g/mol. The van der Waals surface area contributed by atoms with E-state index in [-0.39, 0.29) is 28.9 Å². The maximum absolute atomic E-state index is 13.1. The topological polar surface area (TPSA) is 47.3 Å². The van der Waals surface area contributed by atoms with Crippen molar-refractivity contribution in [3.63, 3.8) is 0 Å². The lowest BCUT2D eigenvalue weighted by atomic mass is 9.64. The van der Waals surface area contributed by atoms with Crippen molar-refractivity contribution in [2.45, 2.75) is 45.5 Å². The summed E-state index contributed by atoms with van der Waals surface area (Å²) in [5, 5.41) is 3.00. The second kappa shape index (κ2) is 5.40. The fourth-order valence-corrected chi connectivity index (χ4v) is 2.72. The molecule has 0 amide bonds. The van der Waals surface area contributed by atoms with Crippen molar-refractivity contribution in [2.24, 2.45) is 5.41 Å². The van der Waals surface area contributed by atoms with Gasteiger partial charge in [0.2, 0.25) is 0 Å². The number of hydrogen-bond acceptors (Lipinski definition) is 3. The van der Waals surface area contributed by atoms with Crippen LogP contribution in [-0.4, -0.2) is 18.8 Å². The predicted molar refractivity (Wildman–Crippen MR) is 77.1 cm³/mol. The molecule has 118 valence electrons. The molecule has 0 saturated heterocycles. The molecule has 0 bridgehead atoms. The average Bonchev–Trinajstić information content (AvgIpc) is 2.38. The number of nitrogens with two attached hydrogens (primary N) is 1. The van der Waals surface area contributed by atoms with Gasteiger partial charge in [0.25, 0.3) is 0 Å². The Morgan fingerprint density at radius 2 is 2.05 bits per heavy atom. The number of hydrogen-bond donors (Lipinski definition) is 2. The van der Waals surface area contributed by atoms with E-state index in [1.165, 1.54) is 12.1 Å². The van der Waals surface area contributed by atoms with Gasteiger partial charge in [-0.1, -0.05) is 13.8 Å². The maximum Gasteiger partial charge on any atom is 0.418 e. The predicted octanol–water partition coefficient (Wildman–Crippen LogP) is 3.90. The number of anilines is 2. The van der Waals surface area contributed by atoms with E-state index >= 15 is 0 Å². The Kier molecular flexibility index (Phi) is 4.10. The van der Waals surface area contributed by atoms with Crippen LogP contribution in [0.15, 0.2) is 18.2 Å². The van der Waals surface area contributed by atoms with Crippen molar-refractivity contribution in [3.8, 4) is 0 Å². The summed E-state index contributed by atoms with van der Waals surface area (Å²) < 4.78 is 44.8. The number of nitrogens with one attached hydrogen (secondary N) is 1. The molecule has 1 aromatic carbocycles. The monoisotopic (exact) mass is 302 g/mol. The van der Waals surface area contributed by atoms with Crippen LogP contribution >= 0.6 is 0 Å². The van der Waals surface area contributed by atoms with Gasteiger partial charge in [-0.25, -0.2) is 0 Å². The number of alkyl halides is 3. The molecule has 2 unspecified atom stereocenters. The molecule has 1 fully saturated rings.